The largest absolute Gasteiger partial charge is 0.463 e. The van der Waals surface area contributed by atoms with Crippen molar-refractivity contribution in [2.45, 2.75) is 84.7 Å². The van der Waals surface area contributed by atoms with Crippen LogP contribution in [0.3, 0.4) is 0 Å². The minimum Gasteiger partial charge on any atom is -0.463 e. The van der Waals surface area contributed by atoms with Gasteiger partial charge in [0.25, 0.3) is 0 Å². The Hall–Kier alpha value is -1.84. The van der Waals surface area contributed by atoms with Gasteiger partial charge in [0.1, 0.15) is 0 Å². The molecular weight excluding hydrogens is 328 g/mol. The van der Waals surface area contributed by atoms with Crippen molar-refractivity contribution in [3.63, 3.8) is 0 Å². The second kappa shape index (κ2) is 13.4. The minimum absolute atomic E-state index is 0.272. The highest BCUT2D eigenvalue weighted by atomic mass is 16.6. The van der Waals surface area contributed by atoms with Gasteiger partial charge in [0, 0.05) is 0 Å². The quantitative estimate of drug-likeness (QED) is 0.344. The number of carbonyl (C=O) groups excluding carboxylic acids is 2. The predicted molar refractivity (Wildman–Crippen MR) is 104 cm³/mol. The maximum Gasteiger partial charge on any atom is 0.347 e. The molecule has 26 heavy (non-hydrogen) atoms. The maximum absolute atomic E-state index is 12.1. The van der Waals surface area contributed by atoms with Crippen LogP contribution in [0.1, 0.15) is 88.1 Å². The number of esters is 2. The van der Waals surface area contributed by atoms with Crippen LogP contribution in [0.15, 0.2) is 24.3 Å². The molecule has 0 fully saturated rings. The molecule has 1 atom stereocenters. The molecule has 1 aromatic rings. The first-order chi connectivity index (χ1) is 12.6. The van der Waals surface area contributed by atoms with Crippen molar-refractivity contribution in [2.75, 3.05) is 6.61 Å². The molecule has 0 saturated carbocycles. The number of carbonyl (C=O) groups is 2. The Morgan fingerprint density at radius 2 is 1.46 bits per heavy atom. The molecule has 0 radical (unpaired) electrons. The van der Waals surface area contributed by atoms with Crippen molar-refractivity contribution in [2.24, 2.45) is 0 Å². The lowest BCUT2D eigenvalue weighted by Gasteiger charge is -2.12. The highest BCUT2D eigenvalue weighted by Crippen LogP contribution is 2.13. The summed E-state index contributed by atoms with van der Waals surface area (Å²) >= 11 is 0. The smallest absolute Gasteiger partial charge is 0.347 e. The van der Waals surface area contributed by atoms with Gasteiger partial charge < -0.3 is 9.47 Å². The van der Waals surface area contributed by atoms with E-state index in [-0.39, 0.29) is 6.61 Å². The molecule has 0 N–H and O–H groups in total. The lowest BCUT2D eigenvalue weighted by atomic mass is 10.0. The van der Waals surface area contributed by atoms with Crippen LogP contribution in [0, 0.1) is 0 Å². The van der Waals surface area contributed by atoms with Gasteiger partial charge >= 0.3 is 11.9 Å². The van der Waals surface area contributed by atoms with Crippen LogP contribution in [0.4, 0.5) is 0 Å². The Morgan fingerprint density at radius 1 is 0.885 bits per heavy atom. The first-order valence-corrected chi connectivity index (χ1v) is 10.0. The minimum atomic E-state index is -0.889. The second-order valence-corrected chi connectivity index (χ2v) is 6.72. The summed E-state index contributed by atoms with van der Waals surface area (Å²) < 4.78 is 9.97. The lowest BCUT2D eigenvalue weighted by Crippen LogP contribution is -2.26. The summed E-state index contributed by atoms with van der Waals surface area (Å²) in [6.45, 7) is 5.75. The number of hydrogen-bond acceptors (Lipinski definition) is 4. The number of benzene rings is 1. The lowest BCUT2D eigenvalue weighted by molar-refractivity contribution is -0.152. The van der Waals surface area contributed by atoms with Crippen LogP contribution < -0.4 is 0 Å². The van der Waals surface area contributed by atoms with E-state index in [1.807, 2.05) is 12.1 Å². The molecular formula is C22H34O4. The fourth-order valence-corrected chi connectivity index (χ4v) is 2.81. The van der Waals surface area contributed by atoms with Gasteiger partial charge in [0.2, 0.25) is 0 Å². The summed E-state index contributed by atoms with van der Waals surface area (Å²) in [5.41, 5.74) is 1.69. The molecule has 4 heteroatoms. The van der Waals surface area contributed by atoms with E-state index >= 15 is 0 Å². The van der Waals surface area contributed by atoms with Gasteiger partial charge in [-0.25, -0.2) is 9.59 Å². The summed E-state index contributed by atoms with van der Waals surface area (Å²) in [5.74, 6) is -1.02. The summed E-state index contributed by atoms with van der Waals surface area (Å²) in [7, 11) is 0. The third kappa shape index (κ3) is 9.02. The zero-order chi connectivity index (χ0) is 19.2. The van der Waals surface area contributed by atoms with Gasteiger partial charge in [-0.2, -0.15) is 0 Å². The first-order valence-electron chi connectivity index (χ1n) is 10.0. The van der Waals surface area contributed by atoms with E-state index in [0.29, 0.717) is 5.56 Å². The van der Waals surface area contributed by atoms with Crippen LogP contribution in [0.2, 0.25) is 0 Å². The van der Waals surface area contributed by atoms with Gasteiger partial charge in [-0.3, -0.25) is 0 Å². The Kier molecular flexibility index (Phi) is 11.4. The number of rotatable bonds is 13. The van der Waals surface area contributed by atoms with Crippen molar-refractivity contribution in [1.29, 1.82) is 0 Å². The average Bonchev–Trinajstić information content (AvgIpc) is 2.64. The number of unbranched alkanes of at least 4 members (excludes halogenated alkanes) is 7. The van der Waals surface area contributed by atoms with Gasteiger partial charge in [-0.15, -0.1) is 0 Å². The van der Waals surface area contributed by atoms with Crippen LogP contribution >= 0.6 is 0 Å². The van der Waals surface area contributed by atoms with Gasteiger partial charge in [0.05, 0.1) is 12.2 Å². The maximum atomic E-state index is 12.1. The highest BCUT2D eigenvalue weighted by Gasteiger charge is 2.19. The molecule has 1 aromatic carbocycles. The normalized spacial score (nSPS) is 11.8. The van der Waals surface area contributed by atoms with Crippen LogP contribution in [-0.4, -0.2) is 24.6 Å². The summed E-state index contributed by atoms with van der Waals surface area (Å²) in [4.78, 5) is 23.6. The molecule has 0 aliphatic heterocycles. The molecule has 0 aliphatic carbocycles. The van der Waals surface area contributed by atoms with Crippen molar-refractivity contribution >= 4 is 11.9 Å². The number of aryl methyl sites for hydroxylation is 1. The zero-order valence-corrected chi connectivity index (χ0v) is 16.6. The molecule has 0 aromatic heterocycles. The Morgan fingerprint density at radius 3 is 2.04 bits per heavy atom. The van der Waals surface area contributed by atoms with E-state index in [1.165, 1.54) is 63.9 Å². The standard InChI is InChI=1S/C22H34O4/c1-4-6-7-8-9-10-11-12-13-19-14-16-20(17-15-19)22(24)26-18(3)21(23)25-5-2/h14-18H,4-13H2,1-3H3. The van der Waals surface area contributed by atoms with Crippen LogP contribution in [0.5, 0.6) is 0 Å². The third-order valence-corrected chi connectivity index (χ3v) is 4.41. The van der Waals surface area contributed by atoms with Gasteiger partial charge in [-0.1, -0.05) is 64.0 Å². The first kappa shape index (κ1) is 22.2. The Balaban J connectivity index is 2.28. The monoisotopic (exact) mass is 362 g/mol. The molecule has 0 aliphatic rings. The summed E-state index contributed by atoms with van der Waals surface area (Å²) in [5, 5.41) is 0. The van der Waals surface area contributed by atoms with Crippen LogP contribution in [0.25, 0.3) is 0 Å². The molecule has 0 saturated heterocycles. The summed E-state index contributed by atoms with van der Waals surface area (Å²) in [6, 6.07) is 7.46. The molecule has 0 heterocycles. The van der Waals surface area contributed by atoms with E-state index in [9.17, 15) is 9.59 Å². The van der Waals surface area contributed by atoms with Gasteiger partial charge in [0.15, 0.2) is 6.10 Å². The SMILES string of the molecule is CCCCCCCCCCc1ccc(C(=O)OC(C)C(=O)OCC)cc1. The van der Waals surface area contributed by atoms with Crippen LogP contribution in [-0.2, 0) is 20.7 Å². The second-order valence-electron chi connectivity index (χ2n) is 6.72. The molecule has 146 valence electrons. The zero-order valence-electron chi connectivity index (χ0n) is 16.6. The average molecular weight is 363 g/mol. The third-order valence-electron chi connectivity index (χ3n) is 4.41. The summed E-state index contributed by atoms with van der Waals surface area (Å²) in [6.07, 6.45) is 10.6. The topological polar surface area (TPSA) is 52.6 Å². The molecule has 1 unspecified atom stereocenters. The van der Waals surface area contributed by atoms with Gasteiger partial charge in [-0.05, 0) is 44.4 Å². The fraction of sp³-hybridized carbons (Fsp3) is 0.636. The predicted octanol–water partition coefficient (Wildman–Crippen LogP) is 5.48. The van der Waals surface area contributed by atoms with Crippen molar-refractivity contribution in [3.8, 4) is 0 Å². The van der Waals surface area contributed by atoms with Crippen molar-refractivity contribution < 1.29 is 19.1 Å². The van der Waals surface area contributed by atoms with Crippen molar-refractivity contribution in [1.82, 2.24) is 0 Å². The molecule has 0 spiro atoms. The number of ether oxygens (including phenoxy) is 2. The fourth-order valence-electron chi connectivity index (χ4n) is 2.81. The van der Waals surface area contributed by atoms with E-state index in [4.69, 9.17) is 9.47 Å². The Labute approximate surface area is 158 Å². The molecule has 4 nitrogen and oxygen atoms in total. The highest BCUT2D eigenvalue weighted by molar-refractivity contribution is 5.91. The van der Waals surface area contributed by atoms with E-state index in [1.54, 1.807) is 19.1 Å². The number of hydrogen-bond donors (Lipinski definition) is 0. The molecule has 1 rings (SSSR count). The Bertz CT molecular complexity index is 521. The van der Waals surface area contributed by atoms with E-state index in [0.717, 1.165) is 6.42 Å². The van der Waals surface area contributed by atoms with E-state index < -0.39 is 18.0 Å². The molecule has 0 bridgehead atoms. The van der Waals surface area contributed by atoms with E-state index in [2.05, 4.69) is 6.92 Å². The van der Waals surface area contributed by atoms with Crippen molar-refractivity contribution in [3.05, 3.63) is 35.4 Å². The molecule has 0 amide bonds.